The molecule has 25 heavy (non-hydrogen) atoms. The highest BCUT2D eigenvalue weighted by Gasteiger charge is 2.52. The van der Waals surface area contributed by atoms with Crippen LogP contribution in [0.2, 0.25) is 0 Å². The molecular formula is C17H15F4NO3. The normalized spacial score (nSPS) is 21.6. The molecule has 1 aliphatic heterocycles. The van der Waals surface area contributed by atoms with Crippen LogP contribution in [0.25, 0.3) is 11.3 Å². The van der Waals surface area contributed by atoms with Crippen LogP contribution >= 0.6 is 0 Å². The number of carboxylic acids is 1. The zero-order chi connectivity index (χ0) is 18.2. The maximum atomic E-state index is 13.8. The van der Waals surface area contributed by atoms with E-state index in [1.165, 1.54) is 23.1 Å². The molecule has 1 fully saturated rings. The summed E-state index contributed by atoms with van der Waals surface area (Å²) in [6.45, 7) is -0.587. The molecular weight excluding hydrogens is 342 g/mol. The summed E-state index contributed by atoms with van der Waals surface area (Å²) in [6.07, 6.45) is -4.57. The predicted octanol–water partition coefficient (Wildman–Crippen LogP) is 3.78. The highest BCUT2D eigenvalue weighted by Crippen LogP contribution is 2.38. The average Bonchev–Trinajstić information content (AvgIpc) is 3.15. The van der Waals surface area contributed by atoms with Crippen LogP contribution in [0.5, 0.6) is 0 Å². The van der Waals surface area contributed by atoms with Crippen LogP contribution in [-0.2, 0) is 11.3 Å². The highest BCUT2D eigenvalue weighted by molar-refractivity contribution is 5.71. The Morgan fingerprint density at radius 2 is 1.92 bits per heavy atom. The van der Waals surface area contributed by atoms with E-state index in [9.17, 15) is 22.4 Å². The van der Waals surface area contributed by atoms with Crippen molar-refractivity contribution in [3.63, 3.8) is 0 Å². The van der Waals surface area contributed by atoms with Crippen molar-refractivity contribution < 1.29 is 31.9 Å². The largest absolute Gasteiger partial charge is 0.481 e. The lowest BCUT2D eigenvalue weighted by Crippen LogP contribution is -2.33. The Morgan fingerprint density at radius 1 is 1.20 bits per heavy atom. The molecule has 1 aromatic carbocycles. The lowest BCUT2D eigenvalue weighted by molar-refractivity contribution is -0.188. The minimum absolute atomic E-state index is 0.0326. The Bertz CT molecular complexity index is 771. The number of hydrogen-bond acceptors (Lipinski definition) is 3. The second-order valence-electron chi connectivity index (χ2n) is 6.03. The lowest BCUT2D eigenvalue weighted by Gasteiger charge is -2.18. The average molecular weight is 357 g/mol. The fraction of sp³-hybridized carbons (Fsp3) is 0.353. The van der Waals surface area contributed by atoms with E-state index in [4.69, 9.17) is 9.52 Å². The zero-order valence-corrected chi connectivity index (χ0v) is 13.0. The number of furan rings is 1. The number of halogens is 4. The van der Waals surface area contributed by atoms with Gasteiger partial charge in [0.05, 0.1) is 23.9 Å². The third-order valence-corrected chi connectivity index (χ3v) is 4.31. The van der Waals surface area contributed by atoms with Crippen molar-refractivity contribution in [2.24, 2.45) is 11.8 Å². The van der Waals surface area contributed by atoms with Gasteiger partial charge in [-0.2, -0.15) is 13.2 Å². The van der Waals surface area contributed by atoms with Crippen molar-refractivity contribution in [1.82, 2.24) is 4.90 Å². The molecule has 1 aromatic heterocycles. The lowest BCUT2D eigenvalue weighted by atomic mass is 9.96. The highest BCUT2D eigenvalue weighted by atomic mass is 19.4. The van der Waals surface area contributed by atoms with Gasteiger partial charge < -0.3 is 9.52 Å². The number of aliphatic carboxylic acids is 1. The van der Waals surface area contributed by atoms with Gasteiger partial charge in [0, 0.05) is 13.1 Å². The number of likely N-dealkylation sites (tertiary alicyclic amines) is 1. The number of carbonyl (C=O) groups is 1. The smallest absolute Gasteiger partial charge is 0.393 e. The number of carboxylic acid groups (broad SMARTS) is 1. The number of rotatable bonds is 4. The van der Waals surface area contributed by atoms with Crippen LogP contribution in [0, 0.1) is 17.7 Å². The first-order valence-electron chi connectivity index (χ1n) is 7.61. The van der Waals surface area contributed by atoms with Gasteiger partial charge >= 0.3 is 12.1 Å². The third kappa shape index (κ3) is 3.68. The Balaban J connectivity index is 1.74. The van der Waals surface area contributed by atoms with E-state index in [0.29, 0.717) is 5.76 Å². The molecule has 3 rings (SSSR count). The van der Waals surface area contributed by atoms with Gasteiger partial charge in [0.25, 0.3) is 0 Å². The van der Waals surface area contributed by atoms with E-state index in [1.807, 2.05) is 0 Å². The van der Waals surface area contributed by atoms with E-state index in [0.717, 1.165) is 0 Å². The molecule has 1 aliphatic rings. The van der Waals surface area contributed by atoms with Crippen molar-refractivity contribution in [3.8, 4) is 11.3 Å². The van der Waals surface area contributed by atoms with Crippen LogP contribution in [0.4, 0.5) is 17.6 Å². The number of nitrogens with zero attached hydrogens (tertiary/aromatic N) is 1. The summed E-state index contributed by atoms with van der Waals surface area (Å²) in [5, 5.41) is 9.02. The molecule has 0 radical (unpaired) electrons. The molecule has 2 aromatic rings. The molecule has 1 saturated heterocycles. The second-order valence-corrected chi connectivity index (χ2v) is 6.03. The van der Waals surface area contributed by atoms with Crippen LogP contribution in [0.15, 0.2) is 40.8 Å². The molecule has 4 nitrogen and oxygen atoms in total. The first kappa shape index (κ1) is 17.5. The fourth-order valence-electron chi connectivity index (χ4n) is 3.09. The molecule has 8 heteroatoms. The van der Waals surface area contributed by atoms with Gasteiger partial charge in [-0.1, -0.05) is 12.1 Å². The van der Waals surface area contributed by atoms with Crippen molar-refractivity contribution in [3.05, 3.63) is 48.0 Å². The van der Waals surface area contributed by atoms with Gasteiger partial charge in [0.1, 0.15) is 17.3 Å². The van der Waals surface area contributed by atoms with Crippen molar-refractivity contribution in [2.45, 2.75) is 12.7 Å². The third-order valence-electron chi connectivity index (χ3n) is 4.31. The molecule has 0 unspecified atom stereocenters. The second kappa shape index (κ2) is 6.51. The van der Waals surface area contributed by atoms with Crippen molar-refractivity contribution in [2.75, 3.05) is 13.1 Å². The van der Waals surface area contributed by atoms with Crippen LogP contribution in [0.3, 0.4) is 0 Å². The van der Waals surface area contributed by atoms with Gasteiger partial charge in [0.15, 0.2) is 0 Å². The summed E-state index contributed by atoms with van der Waals surface area (Å²) in [5.74, 6) is -4.71. The summed E-state index contributed by atoms with van der Waals surface area (Å²) in [4.78, 5) is 12.5. The first-order chi connectivity index (χ1) is 11.8. The van der Waals surface area contributed by atoms with Crippen molar-refractivity contribution in [1.29, 1.82) is 0 Å². The Hall–Kier alpha value is -2.35. The van der Waals surface area contributed by atoms with E-state index in [-0.39, 0.29) is 24.4 Å². The van der Waals surface area contributed by atoms with E-state index < -0.39 is 36.3 Å². The fourth-order valence-corrected chi connectivity index (χ4v) is 3.09. The van der Waals surface area contributed by atoms with Crippen LogP contribution < -0.4 is 0 Å². The van der Waals surface area contributed by atoms with E-state index >= 15 is 0 Å². The molecule has 0 bridgehead atoms. The first-order valence-corrected chi connectivity index (χ1v) is 7.61. The zero-order valence-electron chi connectivity index (χ0n) is 13.0. The molecule has 0 spiro atoms. The van der Waals surface area contributed by atoms with Crippen molar-refractivity contribution >= 4 is 5.97 Å². The van der Waals surface area contributed by atoms with E-state index in [1.54, 1.807) is 18.2 Å². The van der Waals surface area contributed by atoms with Gasteiger partial charge in [-0.3, -0.25) is 9.69 Å². The quantitative estimate of drug-likeness (QED) is 0.846. The Kier molecular flexibility index (Phi) is 4.55. The number of benzene rings is 1. The maximum absolute atomic E-state index is 13.8. The molecule has 0 aliphatic carbocycles. The molecule has 134 valence electrons. The number of hydrogen-bond donors (Lipinski definition) is 1. The van der Waals surface area contributed by atoms with Gasteiger partial charge in [-0.25, -0.2) is 4.39 Å². The molecule has 2 atom stereocenters. The maximum Gasteiger partial charge on any atom is 0.393 e. The minimum atomic E-state index is -4.57. The molecule has 0 saturated carbocycles. The standard InChI is InChI=1S/C17H15F4NO3/c18-14-4-2-1-3-11(14)15-6-5-10(25-15)7-22-8-12(16(23)24)13(9-22)17(19,20)21/h1-6,12-13H,7-9H2,(H,23,24)/t12-,13-/m1/s1. The summed E-state index contributed by atoms with van der Waals surface area (Å²) < 4.78 is 58.3. The SMILES string of the molecule is O=C(O)[C@@H]1CN(Cc2ccc(-c3ccccc3F)o2)C[C@H]1C(F)(F)F. The monoisotopic (exact) mass is 357 g/mol. The summed E-state index contributed by atoms with van der Waals surface area (Å²) >= 11 is 0. The minimum Gasteiger partial charge on any atom is -0.481 e. The summed E-state index contributed by atoms with van der Waals surface area (Å²) in [7, 11) is 0. The van der Waals surface area contributed by atoms with Crippen LogP contribution in [0.1, 0.15) is 5.76 Å². The summed E-state index contributed by atoms with van der Waals surface area (Å²) in [6, 6.07) is 9.10. The van der Waals surface area contributed by atoms with Gasteiger partial charge in [0.2, 0.25) is 0 Å². The van der Waals surface area contributed by atoms with E-state index in [2.05, 4.69) is 0 Å². The molecule has 2 heterocycles. The Morgan fingerprint density at radius 3 is 2.52 bits per heavy atom. The Labute approximate surface area is 140 Å². The number of alkyl halides is 3. The summed E-state index contributed by atoms with van der Waals surface area (Å²) in [5.41, 5.74) is 0.256. The topological polar surface area (TPSA) is 53.7 Å². The van der Waals surface area contributed by atoms with Gasteiger partial charge in [-0.15, -0.1) is 0 Å². The van der Waals surface area contributed by atoms with Gasteiger partial charge in [-0.05, 0) is 24.3 Å². The molecule has 1 N–H and O–H groups in total. The molecule has 0 amide bonds. The predicted molar refractivity (Wildman–Crippen MR) is 80.0 cm³/mol. The van der Waals surface area contributed by atoms with Crippen LogP contribution in [-0.4, -0.2) is 35.2 Å².